The molecule has 1 N–H and O–H groups in total. The number of carbonyl (C=O) groups excluding carboxylic acids is 1. The number of alkyl halides is 2. The molecule has 0 aliphatic carbocycles. The molecule has 13 heteroatoms. The van der Waals surface area contributed by atoms with Crippen molar-refractivity contribution in [2.24, 2.45) is 0 Å². The molecule has 2 bridgehead atoms. The van der Waals surface area contributed by atoms with E-state index < -0.39 is 55.2 Å². The van der Waals surface area contributed by atoms with Crippen molar-refractivity contribution in [3.63, 3.8) is 0 Å². The van der Waals surface area contributed by atoms with Crippen molar-refractivity contribution >= 4 is 26.2 Å². The van der Waals surface area contributed by atoms with Crippen molar-refractivity contribution < 1.29 is 48.6 Å². The van der Waals surface area contributed by atoms with E-state index in [4.69, 9.17) is 9.29 Å². The van der Waals surface area contributed by atoms with Crippen molar-refractivity contribution in [1.29, 1.82) is 0 Å². The maximum atomic E-state index is 13.1. The summed E-state index contributed by atoms with van der Waals surface area (Å²) >= 11 is 0. The Morgan fingerprint density at radius 3 is 2.57 bits per heavy atom. The Morgan fingerprint density at radius 2 is 2.05 bits per heavy atom. The van der Waals surface area contributed by atoms with E-state index in [2.05, 4.69) is 8.92 Å². The third-order valence-corrected chi connectivity index (χ3v) is 5.09. The smallest absolute Gasteiger partial charge is 0.425 e. The monoisotopic (exact) mass is 352 g/mol. The van der Waals surface area contributed by atoms with E-state index in [1.165, 1.54) is 0 Å². The van der Waals surface area contributed by atoms with Gasteiger partial charge < -0.3 is 9.47 Å². The van der Waals surface area contributed by atoms with Gasteiger partial charge in [-0.05, 0) is 0 Å². The second-order valence-corrected chi connectivity index (χ2v) is 7.79. The molecule has 21 heavy (non-hydrogen) atoms. The lowest BCUT2D eigenvalue weighted by molar-refractivity contribution is -0.241. The fourth-order valence-electron chi connectivity index (χ4n) is 2.02. The number of carbonyl (C=O) groups is 1. The maximum Gasteiger partial charge on any atom is 0.465 e. The van der Waals surface area contributed by atoms with E-state index in [9.17, 15) is 30.4 Å². The van der Waals surface area contributed by atoms with Crippen LogP contribution in [0.5, 0.6) is 0 Å². The summed E-state index contributed by atoms with van der Waals surface area (Å²) < 4.78 is 91.9. The zero-order valence-corrected chi connectivity index (χ0v) is 12.0. The molecule has 2 aliphatic heterocycles. The van der Waals surface area contributed by atoms with Crippen LogP contribution in [0.3, 0.4) is 0 Å². The number of hydrogen-bond acceptors (Lipinski definition) is 8. The molecule has 3 unspecified atom stereocenters. The third kappa shape index (κ3) is 2.88. The molecule has 2 saturated heterocycles. The van der Waals surface area contributed by atoms with Crippen molar-refractivity contribution in [2.75, 3.05) is 5.75 Å². The second-order valence-electron chi connectivity index (χ2n) is 4.68. The zero-order valence-electron chi connectivity index (χ0n) is 10.4. The molecule has 0 radical (unpaired) electrons. The molecule has 0 aromatic rings. The number of halogens is 2. The van der Waals surface area contributed by atoms with Gasteiger partial charge in [-0.3, -0.25) is 8.74 Å². The first-order valence-electron chi connectivity index (χ1n) is 5.44. The standard InChI is InChI=1S/C8H10F2O9S2/c1-7(18-6(11)8(9,10)21(14,15)16)5-2-4(17-7)3-20(12,13)19-5/h4-5H,2-3H2,1H3,(H,14,15,16). The summed E-state index contributed by atoms with van der Waals surface area (Å²) in [7, 11) is -10.00. The summed E-state index contributed by atoms with van der Waals surface area (Å²) in [5.41, 5.74) is 0. The van der Waals surface area contributed by atoms with E-state index >= 15 is 0 Å². The van der Waals surface area contributed by atoms with Crippen LogP contribution in [0.4, 0.5) is 8.78 Å². The lowest BCUT2D eigenvalue weighted by Crippen LogP contribution is -2.48. The largest absolute Gasteiger partial charge is 0.465 e. The fraction of sp³-hybridized carbons (Fsp3) is 0.875. The molecule has 0 saturated carbocycles. The zero-order chi connectivity index (χ0) is 16.3. The Morgan fingerprint density at radius 1 is 1.48 bits per heavy atom. The van der Waals surface area contributed by atoms with Crippen LogP contribution >= 0.6 is 0 Å². The maximum absolute atomic E-state index is 13.1. The van der Waals surface area contributed by atoms with E-state index in [1.54, 1.807) is 0 Å². The van der Waals surface area contributed by atoms with Gasteiger partial charge in [0.05, 0.1) is 6.10 Å². The predicted octanol–water partition coefficient (Wildman–Crippen LogP) is -0.756. The topological polar surface area (TPSA) is 133 Å². The summed E-state index contributed by atoms with van der Waals surface area (Å²) in [5.74, 6) is -5.36. The molecular formula is C8H10F2O9S2. The van der Waals surface area contributed by atoms with E-state index in [-0.39, 0.29) is 6.42 Å². The van der Waals surface area contributed by atoms with Gasteiger partial charge in [-0.15, -0.1) is 0 Å². The molecule has 2 aliphatic rings. The molecule has 2 fully saturated rings. The minimum Gasteiger partial charge on any atom is -0.425 e. The molecule has 0 spiro atoms. The van der Waals surface area contributed by atoms with Gasteiger partial charge in [0.1, 0.15) is 11.9 Å². The number of ether oxygens (including phenoxy) is 2. The van der Waals surface area contributed by atoms with Crippen LogP contribution in [-0.4, -0.2) is 56.4 Å². The van der Waals surface area contributed by atoms with Gasteiger partial charge in [0.25, 0.3) is 10.1 Å². The Bertz CT molecular complexity index is 670. The highest BCUT2D eigenvalue weighted by atomic mass is 32.2. The average molecular weight is 352 g/mol. The molecule has 0 aromatic heterocycles. The first kappa shape index (κ1) is 16.5. The second kappa shape index (κ2) is 4.55. The summed E-state index contributed by atoms with van der Waals surface area (Å²) in [6, 6.07) is 0. The van der Waals surface area contributed by atoms with E-state index in [0.717, 1.165) is 6.92 Å². The number of esters is 1. The SMILES string of the molecule is CC1(OC(=O)C(F)(F)S(=O)(=O)O)OC2CC1OS(=O)(=O)C2. The average Bonchev–Trinajstić information content (AvgIpc) is 2.46. The number of fused-ring (bicyclic) bond motifs is 2. The molecule has 0 aromatic carbocycles. The fourth-order valence-corrected chi connectivity index (χ4v) is 3.62. The summed E-state index contributed by atoms with van der Waals surface area (Å²) in [6.45, 7) is 0.955. The molecule has 2 rings (SSSR count). The van der Waals surface area contributed by atoms with Crippen molar-refractivity contribution in [3.8, 4) is 0 Å². The highest BCUT2D eigenvalue weighted by molar-refractivity contribution is 7.87. The lowest BCUT2D eigenvalue weighted by atomic mass is 10.1. The van der Waals surface area contributed by atoms with Gasteiger partial charge in [0, 0.05) is 13.3 Å². The van der Waals surface area contributed by atoms with Gasteiger partial charge in [-0.1, -0.05) is 0 Å². The quantitative estimate of drug-likeness (QED) is 0.395. The van der Waals surface area contributed by atoms with Crippen LogP contribution in [0.25, 0.3) is 0 Å². The molecule has 0 amide bonds. The van der Waals surface area contributed by atoms with E-state index in [0.29, 0.717) is 0 Å². The van der Waals surface area contributed by atoms with Gasteiger partial charge >= 0.3 is 21.3 Å². The highest BCUT2D eigenvalue weighted by Crippen LogP contribution is 2.40. The predicted molar refractivity (Wildman–Crippen MR) is 59.1 cm³/mol. The third-order valence-electron chi connectivity index (χ3n) is 2.97. The molecular weight excluding hydrogens is 342 g/mol. The van der Waals surface area contributed by atoms with Gasteiger partial charge in [0.2, 0.25) is 5.79 Å². The Hall–Kier alpha value is -0.890. The minimum atomic E-state index is -6.04. The number of hydrogen-bond donors (Lipinski definition) is 1. The first-order valence-corrected chi connectivity index (χ1v) is 8.46. The van der Waals surface area contributed by atoms with E-state index in [1.807, 2.05) is 0 Å². The Kier molecular flexibility index (Phi) is 3.57. The lowest BCUT2D eigenvalue weighted by Gasteiger charge is -2.29. The van der Waals surface area contributed by atoms with Crippen LogP contribution in [0, 0.1) is 0 Å². The molecule has 122 valence electrons. The summed E-state index contributed by atoms with van der Waals surface area (Å²) in [4.78, 5) is 11.2. The van der Waals surface area contributed by atoms with Gasteiger partial charge in [-0.25, -0.2) is 4.79 Å². The normalized spacial score (nSPS) is 35.4. The molecule has 3 atom stereocenters. The first-order chi connectivity index (χ1) is 9.27. The van der Waals surface area contributed by atoms with Crippen LogP contribution in [0.2, 0.25) is 0 Å². The Balaban J connectivity index is 2.23. The summed E-state index contributed by atoms with van der Waals surface area (Å²) in [5, 5.41) is -5.21. The molecule has 9 nitrogen and oxygen atoms in total. The minimum absolute atomic E-state index is 0.0412. The van der Waals surface area contributed by atoms with Crippen molar-refractivity contribution in [3.05, 3.63) is 0 Å². The number of rotatable bonds is 3. The van der Waals surface area contributed by atoms with Gasteiger partial charge in [-0.2, -0.15) is 25.6 Å². The summed E-state index contributed by atoms with van der Waals surface area (Å²) in [6.07, 6.45) is -2.37. The molecule has 2 heterocycles. The van der Waals surface area contributed by atoms with Gasteiger partial charge in [0.15, 0.2) is 0 Å². The van der Waals surface area contributed by atoms with Crippen LogP contribution in [-0.2, 0) is 38.7 Å². The van der Waals surface area contributed by atoms with Crippen LogP contribution in [0.15, 0.2) is 0 Å². The van der Waals surface area contributed by atoms with Crippen molar-refractivity contribution in [1.82, 2.24) is 0 Å². The van der Waals surface area contributed by atoms with Crippen LogP contribution < -0.4 is 0 Å². The van der Waals surface area contributed by atoms with Crippen molar-refractivity contribution in [2.45, 2.75) is 36.6 Å². The highest BCUT2D eigenvalue weighted by Gasteiger charge is 2.61. The van der Waals surface area contributed by atoms with Crippen LogP contribution in [0.1, 0.15) is 13.3 Å². The Labute approximate surface area is 118 Å².